The minimum atomic E-state index is -0.418. The fraction of sp³-hybridized carbons (Fsp3) is 0.125. The van der Waals surface area contributed by atoms with E-state index >= 15 is 0 Å². The monoisotopic (exact) mass is 325 g/mol. The van der Waals surface area contributed by atoms with Crippen molar-refractivity contribution in [2.75, 3.05) is 6.26 Å². The van der Waals surface area contributed by atoms with Crippen LogP contribution in [0, 0.1) is 0 Å². The molecule has 0 aliphatic carbocycles. The molecule has 3 aromatic rings. The van der Waals surface area contributed by atoms with Gasteiger partial charge in [0.25, 0.3) is 0 Å². The molecule has 23 heavy (non-hydrogen) atoms. The molecular weight excluding hydrogens is 310 g/mol. The van der Waals surface area contributed by atoms with Crippen LogP contribution < -0.4 is 5.73 Å². The number of benzene rings is 1. The van der Waals surface area contributed by atoms with Crippen molar-refractivity contribution in [2.24, 2.45) is 5.73 Å². The first kappa shape index (κ1) is 15.2. The van der Waals surface area contributed by atoms with E-state index in [1.54, 1.807) is 12.4 Å². The first-order valence-corrected chi connectivity index (χ1v) is 8.18. The fourth-order valence-electron chi connectivity index (χ4n) is 2.20. The number of thioether (sulfide) groups is 1. The number of primary amides is 1. The van der Waals surface area contributed by atoms with E-state index in [1.165, 1.54) is 16.4 Å². The summed E-state index contributed by atoms with van der Waals surface area (Å²) in [4.78, 5) is 19.7. The van der Waals surface area contributed by atoms with Crippen LogP contribution in [0.2, 0.25) is 0 Å². The highest BCUT2D eigenvalue weighted by molar-refractivity contribution is 7.98. The first-order chi connectivity index (χ1) is 11.2. The molecule has 0 atom stereocenters. The Labute approximate surface area is 137 Å². The summed E-state index contributed by atoms with van der Waals surface area (Å²) in [7, 11) is 0. The third-order valence-corrected chi connectivity index (χ3v) is 3.79. The van der Waals surface area contributed by atoms with E-state index in [4.69, 9.17) is 5.73 Å². The smallest absolute Gasteiger partial charge is 0.239 e. The number of aromatic nitrogens is 4. The molecule has 0 unspecified atom stereocenters. The first-order valence-electron chi connectivity index (χ1n) is 6.95. The van der Waals surface area contributed by atoms with Gasteiger partial charge < -0.3 is 5.73 Å². The van der Waals surface area contributed by atoms with Crippen LogP contribution in [-0.2, 0) is 11.3 Å². The van der Waals surface area contributed by atoms with E-state index < -0.39 is 5.91 Å². The molecule has 2 N–H and O–H groups in total. The Morgan fingerprint density at radius 1 is 1.22 bits per heavy atom. The lowest BCUT2D eigenvalue weighted by Crippen LogP contribution is -2.18. The van der Waals surface area contributed by atoms with Gasteiger partial charge >= 0.3 is 0 Å². The van der Waals surface area contributed by atoms with Crippen molar-refractivity contribution in [1.82, 2.24) is 19.7 Å². The molecule has 0 saturated heterocycles. The van der Waals surface area contributed by atoms with Gasteiger partial charge in [0.1, 0.15) is 6.54 Å². The second kappa shape index (κ2) is 6.62. The van der Waals surface area contributed by atoms with Gasteiger partial charge in [0, 0.05) is 23.5 Å². The van der Waals surface area contributed by atoms with Crippen molar-refractivity contribution in [3.63, 3.8) is 0 Å². The Morgan fingerprint density at radius 3 is 2.74 bits per heavy atom. The van der Waals surface area contributed by atoms with Crippen molar-refractivity contribution in [2.45, 2.75) is 11.7 Å². The lowest BCUT2D eigenvalue weighted by molar-refractivity contribution is -0.118. The molecule has 0 aliphatic rings. The summed E-state index contributed by atoms with van der Waals surface area (Å²) in [6.07, 6.45) is 5.44. The average Bonchev–Trinajstić information content (AvgIpc) is 3.03. The van der Waals surface area contributed by atoms with Gasteiger partial charge in [-0.25, -0.2) is 9.97 Å². The molecule has 1 aromatic carbocycles. The zero-order valence-corrected chi connectivity index (χ0v) is 13.3. The summed E-state index contributed by atoms with van der Waals surface area (Å²) in [6, 6.07) is 11.7. The molecule has 0 fully saturated rings. The van der Waals surface area contributed by atoms with Gasteiger partial charge in [-0.1, -0.05) is 30.0 Å². The molecule has 0 saturated carbocycles. The lowest BCUT2D eigenvalue weighted by Gasteiger charge is -2.04. The second-order valence-corrected chi connectivity index (χ2v) is 5.65. The predicted molar refractivity (Wildman–Crippen MR) is 89.7 cm³/mol. The van der Waals surface area contributed by atoms with E-state index in [-0.39, 0.29) is 6.54 Å². The van der Waals surface area contributed by atoms with Crippen LogP contribution in [-0.4, -0.2) is 31.9 Å². The molecule has 6 nitrogen and oxygen atoms in total. The van der Waals surface area contributed by atoms with Gasteiger partial charge in [0.2, 0.25) is 5.91 Å². The normalized spacial score (nSPS) is 10.7. The van der Waals surface area contributed by atoms with E-state index in [1.807, 2.05) is 42.7 Å². The number of hydrogen-bond donors (Lipinski definition) is 1. The molecule has 0 spiro atoms. The Kier molecular flexibility index (Phi) is 4.38. The van der Waals surface area contributed by atoms with E-state index in [9.17, 15) is 4.79 Å². The Balaban J connectivity index is 1.93. The number of nitrogens with zero attached hydrogens (tertiary/aromatic N) is 4. The van der Waals surface area contributed by atoms with Crippen LogP contribution in [0.5, 0.6) is 0 Å². The third kappa shape index (κ3) is 3.57. The number of carbonyl (C=O) groups excluding carboxylic acids is 1. The van der Waals surface area contributed by atoms with Gasteiger partial charge in [0.15, 0.2) is 5.16 Å². The maximum absolute atomic E-state index is 11.0. The van der Waals surface area contributed by atoms with Crippen LogP contribution >= 0.6 is 11.8 Å². The molecule has 7 heteroatoms. The fourth-order valence-corrected chi connectivity index (χ4v) is 2.56. The molecule has 2 heterocycles. The highest BCUT2D eigenvalue weighted by Gasteiger charge is 2.07. The number of amides is 1. The molecule has 3 rings (SSSR count). The number of hydrogen-bond acceptors (Lipinski definition) is 5. The van der Waals surface area contributed by atoms with Crippen molar-refractivity contribution >= 4 is 17.7 Å². The topological polar surface area (TPSA) is 86.7 Å². The standard InChI is InChI=1S/C16H15N5OS/c1-23-16-18-7-5-13(19-16)11-3-2-4-12(9-11)14-6-8-21(20-14)10-15(17)22/h2-9H,10H2,1H3,(H2,17,22). The summed E-state index contributed by atoms with van der Waals surface area (Å²) < 4.78 is 1.53. The lowest BCUT2D eigenvalue weighted by atomic mass is 10.1. The summed E-state index contributed by atoms with van der Waals surface area (Å²) in [6.45, 7) is 0.0721. The summed E-state index contributed by atoms with van der Waals surface area (Å²) in [5.41, 5.74) is 8.78. The van der Waals surface area contributed by atoms with E-state index in [2.05, 4.69) is 15.1 Å². The zero-order chi connectivity index (χ0) is 16.2. The van der Waals surface area contributed by atoms with Crippen LogP contribution in [0.25, 0.3) is 22.5 Å². The van der Waals surface area contributed by atoms with Gasteiger partial charge in [-0.2, -0.15) is 5.10 Å². The Morgan fingerprint density at radius 2 is 2.00 bits per heavy atom. The van der Waals surface area contributed by atoms with Crippen molar-refractivity contribution in [3.8, 4) is 22.5 Å². The van der Waals surface area contributed by atoms with Crippen LogP contribution in [0.3, 0.4) is 0 Å². The van der Waals surface area contributed by atoms with Crippen LogP contribution in [0.1, 0.15) is 0 Å². The predicted octanol–water partition coefficient (Wildman–Crippen LogP) is 2.21. The summed E-state index contributed by atoms with van der Waals surface area (Å²) in [5.74, 6) is -0.418. The zero-order valence-electron chi connectivity index (χ0n) is 12.5. The van der Waals surface area contributed by atoms with E-state index in [0.717, 1.165) is 27.7 Å². The number of rotatable bonds is 5. The Hall–Kier alpha value is -2.67. The molecular formula is C16H15N5OS. The van der Waals surface area contributed by atoms with Crippen molar-refractivity contribution in [1.29, 1.82) is 0 Å². The summed E-state index contributed by atoms with van der Waals surface area (Å²) >= 11 is 1.51. The minimum absolute atomic E-state index is 0.0721. The van der Waals surface area contributed by atoms with Crippen molar-refractivity contribution in [3.05, 3.63) is 48.8 Å². The molecule has 0 aliphatic heterocycles. The van der Waals surface area contributed by atoms with Crippen LogP contribution in [0.4, 0.5) is 0 Å². The molecule has 0 bridgehead atoms. The van der Waals surface area contributed by atoms with Crippen molar-refractivity contribution < 1.29 is 4.79 Å². The highest BCUT2D eigenvalue weighted by Crippen LogP contribution is 2.25. The SMILES string of the molecule is CSc1nccc(-c2cccc(-c3ccn(CC(N)=O)n3)c2)n1. The van der Waals surface area contributed by atoms with Crippen LogP contribution in [0.15, 0.2) is 53.9 Å². The molecule has 0 radical (unpaired) electrons. The second-order valence-electron chi connectivity index (χ2n) is 4.87. The van der Waals surface area contributed by atoms with Gasteiger partial charge in [-0.05, 0) is 24.5 Å². The van der Waals surface area contributed by atoms with Gasteiger partial charge in [-0.15, -0.1) is 0 Å². The van der Waals surface area contributed by atoms with Gasteiger partial charge in [-0.3, -0.25) is 9.48 Å². The molecule has 116 valence electrons. The van der Waals surface area contributed by atoms with E-state index in [0.29, 0.717) is 0 Å². The highest BCUT2D eigenvalue weighted by atomic mass is 32.2. The largest absolute Gasteiger partial charge is 0.368 e. The maximum Gasteiger partial charge on any atom is 0.239 e. The molecule has 2 aromatic heterocycles. The quantitative estimate of drug-likeness (QED) is 0.574. The van der Waals surface area contributed by atoms with Gasteiger partial charge in [0.05, 0.1) is 11.4 Å². The Bertz CT molecular complexity index is 846. The number of nitrogens with two attached hydrogens (primary N) is 1. The molecule has 1 amide bonds. The third-order valence-electron chi connectivity index (χ3n) is 3.23. The minimum Gasteiger partial charge on any atom is -0.368 e. The maximum atomic E-state index is 11.0. The average molecular weight is 325 g/mol. The summed E-state index contributed by atoms with van der Waals surface area (Å²) in [5, 5.41) is 5.10. The number of carbonyl (C=O) groups is 1.